The number of fused-ring (bicyclic) bond motifs is 2. The van der Waals surface area contributed by atoms with Crippen molar-refractivity contribution in [2.75, 3.05) is 0 Å². The second-order valence-electron chi connectivity index (χ2n) is 5.99. The number of nitrogens with zero attached hydrogens (tertiary/aromatic N) is 4. The Balaban J connectivity index is 2.07. The Hall–Kier alpha value is -2.83. The fourth-order valence-corrected chi connectivity index (χ4v) is 3.18. The molecule has 4 rings (SSSR count). The number of aryl methyl sites for hydroxylation is 3. The molecule has 3 aromatic heterocycles. The molecule has 0 fully saturated rings. The van der Waals surface area contributed by atoms with E-state index >= 15 is 0 Å². The van der Waals surface area contributed by atoms with Gasteiger partial charge >= 0.3 is 0 Å². The Labute approximate surface area is 136 Å². The summed E-state index contributed by atoms with van der Waals surface area (Å²) in [6, 6.07) is 5.93. The van der Waals surface area contributed by atoms with E-state index in [1.165, 1.54) is 4.52 Å². The summed E-state index contributed by atoms with van der Waals surface area (Å²) in [6.45, 7) is 5.78. The van der Waals surface area contributed by atoms with Gasteiger partial charge in [0.1, 0.15) is 0 Å². The van der Waals surface area contributed by atoms with Crippen LogP contribution in [0.3, 0.4) is 0 Å². The fourth-order valence-electron chi connectivity index (χ4n) is 3.18. The first kappa shape index (κ1) is 14.7. The van der Waals surface area contributed by atoms with Crippen LogP contribution in [-0.2, 0) is 0 Å². The Bertz CT molecular complexity index is 1080. The van der Waals surface area contributed by atoms with Gasteiger partial charge in [0.15, 0.2) is 5.65 Å². The highest BCUT2D eigenvalue weighted by molar-refractivity contribution is 5.87. The van der Waals surface area contributed by atoms with E-state index in [2.05, 4.69) is 20.3 Å². The molecule has 0 saturated carbocycles. The van der Waals surface area contributed by atoms with Gasteiger partial charge in [-0.25, -0.2) is 18.3 Å². The van der Waals surface area contributed by atoms with Crippen LogP contribution in [0.1, 0.15) is 28.9 Å². The van der Waals surface area contributed by atoms with E-state index in [1.54, 1.807) is 6.20 Å². The third kappa shape index (κ3) is 2.08. The molecule has 0 amide bonds. The lowest BCUT2D eigenvalue weighted by molar-refractivity contribution is 0.140. The minimum Gasteiger partial charge on any atom is -0.278 e. The van der Waals surface area contributed by atoms with Gasteiger partial charge in [-0.1, -0.05) is 6.07 Å². The number of halogens is 2. The lowest BCUT2D eigenvalue weighted by Crippen LogP contribution is -2.00. The average Bonchev–Trinajstić information content (AvgIpc) is 3.14. The van der Waals surface area contributed by atoms with E-state index < -0.39 is 12.2 Å². The van der Waals surface area contributed by atoms with Crippen molar-refractivity contribution < 1.29 is 8.78 Å². The first-order valence-electron chi connectivity index (χ1n) is 7.55. The molecule has 7 heteroatoms. The van der Waals surface area contributed by atoms with Crippen LogP contribution in [0, 0.1) is 20.8 Å². The molecule has 0 aliphatic rings. The van der Waals surface area contributed by atoms with E-state index in [-0.39, 0.29) is 0 Å². The highest BCUT2D eigenvalue weighted by atomic mass is 19.3. The quantitative estimate of drug-likeness (QED) is 0.602. The predicted molar refractivity (Wildman–Crippen MR) is 87.2 cm³/mol. The Morgan fingerprint density at radius 3 is 2.58 bits per heavy atom. The number of nitrogens with one attached hydrogen (secondary N) is 1. The first-order valence-corrected chi connectivity index (χ1v) is 7.55. The van der Waals surface area contributed by atoms with E-state index in [0.717, 1.165) is 38.9 Å². The van der Waals surface area contributed by atoms with Gasteiger partial charge in [-0.2, -0.15) is 5.10 Å². The number of pyridine rings is 1. The highest BCUT2D eigenvalue weighted by Gasteiger charge is 2.19. The molecular formula is C17H15F2N5. The third-order valence-electron chi connectivity index (χ3n) is 4.21. The van der Waals surface area contributed by atoms with E-state index in [1.807, 2.05) is 39.0 Å². The molecule has 0 spiro atoms. The third-order valence-corrected chi connectivity index (χ3v) is 4.21. The molecule has 0 aliphatic carbocycles. The van der Waals surface area contributed by atoms with Crippen LogP contribution in [-0.4, -0.2) is 24.8 Å². The van der Waals surface area contributed by atoms with Crippen LogP contribution in [0.2, 0.25) is 0 Å². The molecule has 1 N–H and O–H groups in total. The van der Waals surface area contributed by atoms with Crippen LogP contribution in [0.25, 0.3) is 27.8 Å². The number of benzene rings is 1. The van der Waals surface area contributed by atoms with Crippen molar-refractivity contribution in [3.63, 3.8) is 0 Å². The molecule has 122 valence electrons. The zero-order chi connectivity index (χ0) is 17.0. The topological polar surface area (TPSA) is 58.9 Å². The summed E-state index contributed by atoms with van der Waals surface area (Å²) in [6.07, 6.45) is -0.950. The van der Waals surface area contributed by atoms with Gasteiger partial charge < -0.3 is 0 Å². The molecule has 0 bridgehead atoms. The van der Waals surface area contributed by atoms with Gasteiger partial charge in [0.25, 0.3) is 6.43 Å². The maximum absolute atomic E-state index is 13.1. The lowest BCUT2D eigenvalue weighted by atomic mass is 10.0. The van der Waals surface area contributed by atoms with Crippen LogP contribution in [0.5, 0.6) is 0 Å². The number of rotatable bonds is 2. The summed E-state index contributed by atoms with van der Waals surface area (Å²) in [5.41, 5.74) is 5.88. The van der Waals surface area contributed by atoms with E-state index in [9.17, 15) is 8.78 Å². The first-order chi connectivity index (χ1) is 11.5. The zero-order valence-corrected chi connectivity index (χ0v) is 13.4. The van der Waals surface area contributed by atoms with Crippen LogP contribution in [0.15, 0.2) is 24.4 Å². The standard InChI is InChI=1S/C17H15F2N5/c1-8-5-11(6-12-7-20-22-13(8)12)14-9(2)4-10(3)17-21-16(15(18)19)23-24(14)17/h4-7,15H,1-3H3,(H,20,22). The van der Waals surface area contributed by atoms with Crippen molar-refractivity contribution in [2.45, 2.75) is 27.2 Å². The minimum absolute atomic E-state index is 0.453. The van der Waals surface area contributed by atoms with Gasteiger partial charge in [-0.15, -0.1) is 5.10 Å². The Morgan fingerprint density at radius 1 is 1.04 bits per heavy atom. The Kier molecular flexibility index (Phi) is 3.13. The Morgan fingerprint density at radius 2 is 1.83 bits per heavy atom. The summed E-state index contributed by atoms with van der Waals surface area (Å²) in [5, 5.41) is 12.0. The van der Waals surface area contributed by atoms with Crippen LogP contribution >= 0.6 is 0 Å². The van der Waals surface area contributed by atoms with Gasteiger partial charge in [0.05, 0.1) is 17.4 Å². The smallest absolute Gasteiger partial charge is 0.278 e. The molecule has 5 nitrogen and oxygen atoms in total. The number of aromatic amines is 1. The molecule has 0 radical (unpaired) electrons. The molecule has 0 unspecified atom stereocenters. The maximum Gasteiger partial charge on any atom is 0.299 e. The monoisotopic (exact) mass is 327 g/mol. The van der Waals surface area contributed by atoms with Crippen molar-refractivity contribution in [1.29, 1.82) is 0 Å². The van der Waals surface area contributed by atoms with Crippen molar-refractivity contribution in [2.24, 2.45) is 0 Å². The van der Waals surface area contributed by atoms with Gasteiger partial charge in [-0.05, 0) is 49.6 Å². The van der Waals surface area contributed by atoms with Gasteiger partial charge in [0, 0.05) is 10.9 Å². The molecule has 3 heterocycles. The van der Waals surface area contributed by atoms with Gasteiger partial charge in [0.2, 0.25) is 5.82 Å². The summed E-state index contributed by atoms with van der Waals surface area (Å²) < 4.78 is 27.6. The summed E-state index contributed by atoms with van der Waals surface area (Å²) in [5.74, 6) is -0.453. The molecule has 0 saturated heterocycles. The molecule has 0 atom stereocenters. The minimum atomic E-state index is -2.70. The van der Waals surface area contributed by atoms with Crippen molar-refractivity contribution in [1.82, 2.24) is 24.8 Å². The van der Waals surface area contributed by atoms with Gasteiger partial charge in [-0.3, -0.25) is 5.10 Å². The number of hydrogen-bond donors (Lipinski definition) is 1. The number of aromatic nitrogens is 5. The predicted octanol–water partition coefficient (Wildman–Crippen LogP) is 4.14. The maximum atomic E-state index is 13.1. The average molecular weight is 327 g/mol. The second kappa shape index (κ2) is 5.09. The van der Waals surface area contributed by atoms with E-state index in [0.29, 0.717) is 5.65 Å². The summed E-state index contributed by atoms with van der Waals surface area (Å²) >= 11 is 0. The van der Waals surface area contributed by atoms with Crippen LogP contribution in [0.4, 0.5) is 8.78 Å². The lowest BCUT2D eigenvalue weighted by Gasteiger charge is -2.11. The largest absolute Gasteiger partial charge is 0.299 e. The molecule has 24 heavy (non-hydrogen) atoms. The SMILES string of the molecule is Cc1cc(C)c2nc(C(F)F)nn2c1-c1cc(C)c2[nH]ncc2c1. The van der Waals surface area contributed by atoms with E-state index in [4.69, 9.17) is 0 Å². The molecule has 4 aromatic rings. The summed E-state index contributed by atoms with van der Waals surface area (Å²) in [7, 11) is 0. The second-order valence-corrected chi connectivity index (χ2v) is 5.99. The zero-order valence-electron chi connectivity index (χ0n) is 13.4. The molecule has 0 aliphatic heterocycles. The van der Waals surface area contributed by atoms with Crippen LogP contribution < -0.4 is 0 Å². The summed E-state index contributed by atoms with van der Waals surface area (Å²) in [4.78, 5) is 4.00. The van der Waals surface area contributed by atoms with Crippen molar-refractivity contribution >= 4 is 16.6 Å². The fraction of sp³-hybridized carbons (Fsp3) is 0.235. The number of H-pyrrole nitrogens is 1. The normalized spacial score (nSPS) is 11.9. The van der Waals surface area contributed by atoms with Crippen molar-refractivity contribution in [3.8, 4) is 11.3 Å². The molecule has 1 aromatic carbocycles. The molecular weight excluding hydrogens is 312 g/mol. The number of hydrogen-bond acceptors (Lipinski definition) is 3. The number of alkyl halides is 2. The highest BCUT2D eigenvalue weighted by Crippen LogP contribution is 2.31. The van der Waals surface area contributed by atoms with Crippen molar-refractivity contribution in [3.05, 3.63) is 46.9 Å².